The molecule has 2 N–H and O–H groups in total. The summed E-state index contributed by atoms with van der Waals surface area (Å²) in [7, 11) is 0. The summed E-state index contributed by atoms with van der Waals surface area (Å²) in [5.74, 6) is -0.351. The first-order valence-electron chi connectivity index (χ1n) is 11.0. The van der Waals surface area contributed by atoms with E-state index in [2.05, 4.69) is 15.6 Å². The number of hydrogen-bond donors (Lipinski definition) is 2. The van der Waals surface area contributed by atoms with E-state index in [1.807, 2.05) is 54.6 Å². The molecule has 1 aliphatic carbocycles. The molecule has 2 amide bonds. The van der Waals surface area contributed by atoms with Crippen molar-refractivity contribution in [2.75, 3.05) is 17.2 Å². The molecule has 0 saturated heterocycles. The Kier molecular flexibility index (Phi) is 7.97. The van der Waals surface area contributed by atoms with E-state index in [0.717, 1.165) is 29.0 Å². The van der Waals surface area contributed by atoms with Crippen LogP contribution in [0.5, 0.6) is 0 Å². The number of nitrogens with zero attached hydrogens (tertiary/aromatic N) is 1. The first-order valence-corrected chi connectivity index (χ1v) is 12.8. The zero-order chi connectivity index (χ0) is 23.9. The molecule has 1 aromatic heterocycles. The summed E-state index contributed by atoms with van der Waals surface area (Å²) in [5.41, 5.74) is 2.17. The van der Waals surface area contributed by atoms with E-state index in [-0.39, 0.29) is 30.1 Å². The van der Waals surface area contributed by atoms with Crippen molar-refractivity contribution >= 4 is 51.7 Å². The van der Waals surface area contributed by atoms with Crippen LogP contribution in [0.2, 0.25) is 0 Å². The van der Waals surface area contributed by atoms with Gasteiger partial charge in [-0.15, -0.1) is 23.1 Å². The van der Waals surface area contributed by atoms with E-state index >= 15 is 0 Å². The van der Waals surface area contributed by atoms with Gasteiger partial charge in [-0.3, -0.25) is 14.4 Å². The molecule has 34 heavy (non-hydrogen) atoms. The van der Waals surface area contributed by atoms with Gasteiger partial charge >= 0.3 is 5.97 Å². The molecule has 1 atom stereocenters. The van der Waals surface area contributed by atoms with Gasteiger partial charge in [-0.2, -0.15) is 0 Å². The number of carbonyl (C=O) groups excluding carboxylic acids is 3. The quantitative estimate of drug-likeness (QED) is 0.301. The van der Waals surface area contributed by atoms with Crippen molar-refractivity contribution in [3.05, 3.63) is 71.2 Å². The Morgan fingerprint density at radius 3 is 2.50 bits per heavy atom. The third-order valence-electron chi connectivity index (χ3n) is 5.08. The van der Waals surface area contributed by atoms with E-state index in [4.69, 9.17) is 4.74 Å². The highest BCUT2D eigenvalue weighted by Crippen LogP contribution is 2.37. The number of amides is 2. The number of thiazole rings is 1. The SMILES string of the molecule is CCOC(=O)Cc1csc(NC(=O)C(Sc2ccc(NC(=O)C3CC3)cc2)c2ccccc2)n1. The minimum absolute atomic E-state index is 0.0627. The highest BCUT2D eigenvalue weighted by atomic mass is 32.2. The largest absolute Gasteiger partial charge is 0.466 e. The van der Waals surface area contributed by atoms with Gasteiger partial charge in [0.2, 0.25) is 11.8 Å². The fourth-order valence-electron chi connectivity index (χ4n) is 3.22. The van der Waals surface area contributed by atoms with Gasteiger partial charge in [0.05, 0.1) is 18.7 Å². The molecule has 1 fully saturated rings. The normalized spacial score (nSPS) is 13.7. The predicted octanol–water partition coefficient (Wildman–Crippen LogP) is 5.07. The number of benzene rings is 2. The van der Waals surface area contributed by atoms with Gasteiger partial charge in [-0.25, -0.2) is 4.98 Å². The lowest BCUT2D eigenvalue weighted by Crippen LogP contribution is -2.19. The van der Waals surface area contributed by atoms with E-state index < -0.39 is 5.25 Å². The van der Waals surface area contributed by atoms with Crippen LogP contribution in [0.3, 0.4) is 0 Å². The standard InChI is InChI=1S/C25H25N3O4S2/c1-2-32-21(29)14-19-15-33-25(27-19)28-24(31)22(16-6-4-3-5-7-16)34-20-12-10-18(11-13-20)26-23(30)17-8-9-17/h3-7,10-13,15,17,22H,2,8-9,14H2,1H3,(H,26,30)(H,27,28,31). The average molecular weight is 496 g/mol. The molecule has 1 unspecified atom stereocenters. The van der Waals surface area contributed by atoms with Crippen LogP contribution in [0.15, 0.2) is 64.9 Å². The Morgan fingerprint density at radius 2 is 1.82 bits per heavy atom. The number of nitrogens with one attached hydrogen (secondary N) is 2. The van der Waals surface area contributed by atoms with Crippen LogP contribution in [0.25, 0.3) is 0 Å². The summed E-state index contributed by atoms with van der Waals surface area (Å²) < 4.78 is 4.95. The fraction of sp³-hybridized carbons (Fsp3) is 0.280. The topological polar surface area (TPSA) is 97.4 Å². The van der Waals surface area contributed by atoms with Gasteiger partial charge in [-0.1, -0.05) is 30.3 Å². The monoisotopic (exact) mass is 495 g/mol. The van der Waals surface area contributed by atoms with E-state index in [9.17, 15) is 14.4 Å². The highest BCUT2D eigenvalue weighted by molar-refractivity contribution is 8.00. The highest BCUT2D eigenvalue weighted by Gasteiger charge is 2.29. The van der Waals surface area contributed by atoms with E-state index in [1.165, 1.54) is 23.1 Å². The number of rotatable bonds is 10. The number of thioether (sulfide) groups is 1. The van der Waals surface area contributed by atoms with Gasteiger partial charge in [0.25, 0.3) is 0 Å². The summed E-state index contributed by atoms with van der Waals surface area (Å²) >= 11 is 2.69. The fourth-order valence-corrected chi connectivity index (χ4v) is 4.96. The number of esters is 1. The molecule has 7 nitrogen and oxygen atoms in total. The lowest BCUT2D eigenvalue weighted by molar-refractivity contribution is -0.142. The van der Waals surface area contributed by atoms with Crippen molar-refractivity contribution in [3.8, 4) is 0 Å². The maximum Gasteiger partial charge on any atom is 0.311 e. The summed E-state index contributed by atoms with van der Waals surface area (Å²) in [6.07, 6.45) is 1.98. The second-order valence-corrected chi connectivity index (χ2v) is 9.85. The van der Waals surface area contributed by atoms with Crippen LogP contribution in [0.4, 0.5) is 10.8 Å². The molecular weight excluding hydrogens is 470 g/mol. The van der Waals surface area contributed by atoms with Crippen molar-refractivity contribution in [2.45, 2.75) is 36.3 Å². The first kappa shape index (κ1) is 24.0. The maximum atomic E-state index is 13.2. The Bertz CT molecular complexity index is 1140. The van der Waals surface area contributed by atoms with E-state index in [0.29, 0.717) is 17.4 Å². The van der Waals surface area contributed by atoms with Crippen LogP contribution in [0.1, 0.15) is 36.3 Å². The molecule has 176 valence electrons. The van der Waals surface area contributed by atoms with Gasteiger partial charge in [-0.05, 0) is 49.6 Å². The second kappa shape index (κ2) is 11.3. The molecule has 1 aliphatic rings. The molecule has 0 spiro atoms. The molecule has 3 aromatic rings. The lowest BCUT2D eigenvalue weighted by atomic mass is 10.1. The molecule has 1 heterocycles. The zero-order valence-corrected chi connectivity index (χ0v) is 20.3. The predicted molar refractivity (Wildman–Crippen MR) is 134 cm³/mol. The van der Waals surface area contributed by atoms with Crippen molar-refractivity contribution in [1.29, 1.82) is 0 Å². The van der Waals surface area contributed by atoms with Gasteiger partial charge in [0.1, 0.15) is 5.25 Å². The average Bonchev–Trinajstić information content (AvgIpc) is 3.60. The van der Waals surface area contributed by atoms with Crippen molar-refractivity contribution in [1.82, 2.24) is 4.98 Å². The Morgan fingerprint density at radius 1 is 1.09 bits per heavy atom. The number of carbonyl (C=O) groups is 3. The number of aromatic nitrogens is 1. The zero-order valence-electron chi connectivity index (χ0n) is 18.7. The Hall–Kier alpha value is -3.17. The van der Waals surface area contributed by atoms with Gasteiger partial charge < -0.3 is 15.4 Å². The lowest BCUT2D eigenvalue weighted by Gasteiger charge is -2.16. The molecular formula is C25H25N3O4S2. The summed E-state index contributed by atoms with van der Waals surface area (Å²) in [5, 5.41) is 7.48. The van der Waals surface area contributed by atoms with Crippen LogP contribution < -0.4 is 10.6 Å². The van der Waals surface area contributed by atoms with Crippen LogP contribution >= 0.6 is 23.1 Å². The molecule has 9 heteroatoms. The van der Waals surface area contributed by atoms with Gasteiger partial charge in [0.15, 0.2) is 5.13 Å². The molecule has 4 rings (SSSR count). The summed E-state index contributed by atoms with van der Waals surface area (Å²) in [6, 6.07) is 17.0. The van der Waals surface area contributed by atoms with Crippen molar-refractivity contribution in [2.24, 2.45) is 5.92 Å². The minimum Gasteiger partial charge on any atom is -0.466 e. The minimum atomic E-state index is -0.509. The van der Waals surface area contributed by atoms with Crippen LogP contribution in [-0.4, -0.2) is 29.4 Å². The molecule has 0 radical (unpaired) electrons. The number of ether oxygens (including phenoxy) is 1. The number of hydrogen-bond acceptors (Lipinski definition) is 7. The smallest absolute Gasteiger partial charge is 0.311 e. The Labute approximate surface area is 206 Å². The van der Waals surface area contributed by atoms with Crippen molar-refractivity contribution < 1.29 is 19.1 Å². The molecule has 0 bridgehead atoms. The van der Waals surface area contributed by atoms with Gasteiger partial charge in [0, 0.05) is 21.9 Å². The first-order chi connectivity index (χ1) is 16.5. The second-order valence-electron chi connectivity index (χ2n) is 7.81. The third kappa shape index (κ3) is 6.68. The molecule has 1 saturated carbocycles. The van der Waals surface area contributed by atoms with Crippen LogP contribution in [-0.2, 0) is 25.5 Å². The molecule has 0 aliphatic heterocycles. The van der Waals surface area contributed by atoms with Crippen molar-refractivity contribution in [3.63, 3.8) is 0 Å². The Balaban J connectivity index is 1.44. The molecule has 2 aromatic carbocycles. The van der Waals surface area contributed by atoms with Crippen LogP contribution in [0, 0.1) is 5.92 Å². The third-order valence-corrected chi connectivity index (χ3v) is 7.15. The summed E-state index contributed by atoms with van der Waals surface area (Å²) in [4.78, 5) is 42.1. The maximum absolute atomic E-state index is 13.2. The summed E-state index contributed by atoms with van der Waals surface area (Å²) in [6.45, 7) is 2.07. The number of anilines is 2. The van der Waals surface area contributed by atoms with E-state index in [1.54, 1.807) is 12.3 Å².